The second kappa shape index (κ2) is 7.63. The van der Waals surface area contributed by atoms with E-state index in [1.807, 2.05) is 26.0 Å². The molecule has 19 heavy (non-hydrogen) atoms. The van der Waals surface area contributed by atoms with E-state index in [1.165, 1.54) is 0 Å². The number of carbonyl (C=O) groups is 1. The van der Waals surface area contributed by atoms with Crippen LogP contribution in [0.25, 0.3) is 0 Å². The maximum atomic E-state index is 11.2. The Bertz CT molecular complexity index is 421. The van der Waals surface area contributed by atoms with Crippen LogP contribution in [0.15, 0.2) is 18.2 Å². The van der Waals surface area contributed by atoms with Gasteiger partial charge >= 0.3 is 0 Å². The van der Waals surface area contributed by atoms with Crippen molar-refractivity contribution < 1.29 is 14.3 Å². The van der Waals surface area contributed by atoms with E-state index >= 15 is 0 Å². The molecule has 3 N–H and O–H groups in total. The number of hydrogen-bond donors (Lipinski definition) is 2. The van der Waals surface area contributed by atoms with Crippen LogP contribution in [0.1, 0.15) is 25.8 Å². The number of methoxy groups -OCH3 is 1. The van der Waals surface area contributed by atoms with E-state index in [0.717, 1.165) is 18.7 Å². The van der Waals surface area contributed by atoms with Gasteiger partial charge in [0.05, 0.1) is 7.11 Å². The number of benzene rings is 1. The third kappa shape index (κ3) is 4.44. The lowest BCUT2D eigenvalue weighted by Crippen LogP contribution is -2.33. The number of nitrogens with one attached hydrogen (secondary N) is 1. The molecular formula is C14H22N2O3. The van der Waals surface area contributed by atoms with Crippen LogP contribution in [-0.4, -0.2) is 25.7 Å². The van der Waals surface area contributed by atoms with Gasteiger partial charge < -0.3 is 20.5 Å². The molecular weight excluding hydrogens is 244 g/mol. The number of nitrogens with two attached hydrogens (primary N) is 1. The van der Waals surface area contributed by atoms with Crippen molar-refractivity contribution in [2.45, 2.75) is 32.9 Å². The smallest absolute Gasteiger partial charge is 0.258 e. The van der Waals surface area contributed by atoms with Crippen molar-refractivity contribution in [2.75, 3.05) is 13.7 Å². The molecule has 0 spiro atoms. The molecule has 1 aromatic carbocycles. The van der Waals surface area contributed by atoms with E-state index in [9.17, 15) is 4.79 Å². The minimum Gasteiger partial charge on any atom is -0.493 e. The molecule has 1 rings (SSSR count). The van der Waals surface area contributed by atoms with Gasteiger partial charge in [0.15, 0.2) is 17.6 Å². The SMILES string of the molecule is CCNCc1ccc(OC(CC)C(N)=O)c(OC)c1. The van der Waals surface area contributed by atoms with Crippen molar-refractivity contribution in [3.63, 3.8) is 0 Å². The van der Waals surface area contributed by atoms with Gasteiger partial charge in [0.25, 0.3) is 5.91 Å². The van der Waals surface area contributed by atoms with Crippen LogP contribution in [0.2, 0.25) is 0 Å². The number of primary amides is 1. The fraction of sp³-hybridized carbons (Fsp3) is 0.500. The van der Waals surface area contributed by atoms with Gasteiger partial charge in [-0.1, -0.05) is 19.9 Å². The highest BCUT2D eigenvalue weighted by atomic mass is 16.5. The Balaban J connectivity index is 2.86. The molecule has 0 saturated heterocycles. The molecule has 0 fully saturated rings. The van der Waals surface area contributed by atoms with Crippen LogP contribution in [0.4, 0.5) is 0 Å². The van der Waals surface area contributed by atoms with E-state index < -0.39 is 12.0 Å². The minimum atomic E-state index is -0.631. The van der Waals surface area contributed by atoms with Crippen LogP contribution in [-0.2, 0) is 11.3 Å². The van der Waals surface area contributed by atoms with Gasteiger partial charge in [-0.2, -0.15) is 0 Å². The first kappa shape index (κ1) is 15.3. The summed E-state index contributed by atoms with van der Waals surface area (Å²) in [6.07, 6.45) is -0.106. The lowest BCUT2D eigenvalue weighted by Gasteiger charge is -2.17. The fourth-order valence-electron chi connectivity index (χ4n) is 1.68. The number of amides is 1. The first-order valence-corrected chi connectivity index (χ1v) is 6.45. The lowest BCUT2D eigenvalue weighted by molar-refractivity contribution is -0.124. The highest BCUT2D eigenvalue weighted by Gasteiger charge is 2.17. The highest BCUT2D eigenvalue weighted by molar-refractivity contribution is 5.79. The molecule has 0 aromatic heterocycles. The summed E-state index contributed by atoms with van der Waals surface area (Å²) >= 11 is 0. The topological polar surface area (TPSA) is 73.6 Å². The Morgan fingerprint density at radius 3 is 2.63 bits per heavy atom. The summed E-state index contributed by atoms with van der Waals surface area (Å²) in [6.45, 7) is 5.56. The summed E-state index contributed by atoms with van der Waals surface area (Å²) in [6, 6.07) is 5.64. The molecule has 0 saturated carbocycles. The van der Waals surface area contributed by atoms with Crippen molar-refractivity contribution in [1.29, 1.82) is 0 Å². The van der Waals surface area contributed by atoms with Crippen LogP contribution in [0, 0.1) is 0 Å². The van der Waals surface area contributed by atoms with Crippen LogP contribution >= 0.6 is 0 Å². The molecule has 0 aliphatic heterocycles. The summed E-state index contributed by atoms with van der Waals surface area (Å²) in [7, 11) is 1.57. The van der Waals surface area contributed by atoms with Crippen molar-refractivity contribution in [3.8, 4) is 11.5 Å². The fourth-order valence-corrected chi connectivity index (χ4v) is 1.68. The Morgan fingerprint density at radius 1 is 1.37 bits per heavy atom. The standard InChI is InChI=1S/C14H22N2O3/c1-4-11(14(15)17)19-12-7-6-10(9-16-5-2)8-13(12)18-3/h6-8,11,16H,4-5,9H2,1-3H3,(H2,15,17). The van der Waals surface area contributed by atoms with Gasteiger partial charge in [0, 0.05) is 6.54 Å². The predicted molar refractivity (Wildman–Crippen MR) is 74.3 cm³/mol. The average Bonchev–Trinajstić information content (AvgIpc) is 2.42. The summed E-state index contributed by atoms with van der Waals surface area (Å²) < 4.78 is 10.9. The summed E-state index contributed by atoms with van der Waals surface area (Å²) in [5.41, 5.74) is 6.36. The average molecular weight is 266 g/mol. The van der Waals surface area contributed by atoms with Crippen molar-refractivity contribution in [1.82, 2.24) is 5.32 Å². The molecule has 0 aliphatic carbocycles. The summed E-state index contributed by atoms with van der Waals surface area (Å²) in [5, 5.41) is 3.24. The Kier molecular flexibility index (Phi) is 6.15. The van der Waals surface area contributed by atoms with E-state index in [2.05, 4.69) is 5.32 Å². The third-order valence-electron chi connectivity index (χ3n) is 2.76. The molecule has 0 heterocycles. The van der Waals surface area contributed by atoms with Gasteiger partial charge in [0.1, 0.15) is 0 Å². The van der Waals surface area contributed by atoms with Gasteiger partial charge in [-0.05, 0) is 30.7 Å². The van der Waals surface area contributed by atoms with Crippen molar-refractivity contribution in [2.24, 2.45) is 5.73 Å². The Morgan fingerprint density at radius 2 is 2.11 bits per heavy atom. The maximum absolute atomic E-state index is 11.2. The van der Waals surface area contributed by atoms with Gasteiger partial charge in [-0.3, -0.25) is 4.79 Å². The largest absolute Gasteiger partial charge is 0.493 e. The second-order valence-corrected chi connectivity index (χ2v) is 4.18. The highest BCUT2D eigenvalue weighted by Crippen LogP contribution is 2.29. The zero-order valence-corrected chi connectivity index (χ0v) is 11.7. The molecule has 0 bridgehead atoms. The van der Waals surface area contributed by atoms with Gasteiger partial charge in [0.2, 0.25) is 0 Å². The number of hydrogen-bond acceptors (Lipinski definition) is 4. The van der Waals surface area contributed by atoms with E-state index in [-0.39, 0.29) is 0 Å². The van der Waals surface area contributed by atoms with Crippen LogP contribution in [0.5, 0.6) is 11.5 Å². The molecule has 0 aliphatic rings. The maximum Gasteiger partial charge on any atom is 0.258 e. The first-order valence-electron chi connectivity index (χ1n) is 6.45. The van der Waals surface area contributed by atoms with Crippen molar-refractivity contribution >= 4 is 5.91 Å². The van der Waals surface area contributed by atoms with Crippen LogP contribution < -0.4 is 20.5 Å². The minimum absolute atomic E-state index is 0.471. The molecule has 1 aromatic rings. The summed E-state index contributed by atoms with van der Waals surface area (Å²) in [4.78, 5) is 11.2. The quantitative estimate of drug-likeness (QED) is 0.747. The zero-order chi connectivity index (χ0) is 14.3. The van der Waals surface area contributed by atoms with Gasteiger partial charge in [-0.25, -0.2) is 0 Å². The third-order valence-corrected chi connectivity index (χ3v) is 2.76. The van der Waals surface area contributed by atoms with E-state index in [0.29, 0.717) is 17.9 Å². The monoisotopic (exact) mass is 266 g/mol. The molecule has 106 valence electrons. The normalized spacial score (nSPS) is 11.9. The molecule has 5 nitrogen and oxygen atoms in total. The molecule has 1 unspecified atom stereocenters. The Hall–Kier alpha value is -1.75. The molecule has 1 amide bonds. The number of carbonyl (C=O) groups excluding carboxylic acids is 1. The molecule has 0 radical (unpaired) electrons. The van der Waals surface area contributed by atoms with E-state index in [4.69, 9.17) is 15.2 Å². The number of rotatable bonds is 8. The predicted octanol–water partition coefficient (Wildman–Crippen LogP) is 1.45. The number of ether oxygens (including phenoxy) is 2. The summed E-state index contributed by atoms with van der Waals surface area (Å²) in [5.74, 6) is 0.671. The van der Waals surface area contributed by atoms with E-state index in [1.54, 1.807) is 13.2 Å². The zero-order valence-electron chi connectivity index (χ0n) is 11.7. The van der Waals surface area contributed by atoms with Crippen LogP contribution in [0.3, 0.4) is 0 Å². The Labute approximate surface area is 114 Å². The first-order chi connectivity index (χ1) is 9.12. The lowest BCUT2D eigenvalue weighted by atomic mass is 10.2. The molecule has 1 atom stereocenters. The second-order valence-electron chi connectivity index (χ2n) is 4.18. The molecule has 5 heteroatoms. The van der Waals surface area contributed by atoms with Gasteiger partial charge in [-0.15, -0.1) is 0 Å². The van der Waals surface area contributed by atoms with Crippen molar-refractivity contribution in [3.05, 3.63) is 23.8 Å².